The molecule has 0 heterocycles. The molecule has 2 unspecified atom stereocenters. The van der Waals surface area contributed by atoms with E-state index in [2.05, 4.69) is 171 Å². The minimum atomic E-state index is 0.378. The summed E-state index contributed by atoms with van der Waals surface area (Å²) in [4.78, 5) is 4.83. The smallest absolute Gasteiger partial charge is 0.0461 e. The van der Waals surface area contributed by atoms with Gasteiger partial charge in [-0.2, -0.15) is 0 Å². The van der Waals surface area contributed by atoms with Crippen LogP contribution < -0.4 is 9.80 Å². The molecule has 41 heavy (non-hydrogen) atoms. The molecule has 0 saturated carbocycles. The van der Waals surface area contributed by atoms with Gasteiger partial charge in [-0.25, -0.2) is 0 Å². The first kappa shape index (κ1) is 28.2. The van der Waals surface area contributed by atoms with E-state index in [0.29, 0.717) is 12.0 Å². The van der Waals surface area contributed by atoms with E-state index in [1.807, 2.05) is 0 Å². The molecule has 5 rings (SSSR count). The monoisotopic (exact) mass is 538 g/mol. The summed E-state index contributed by atoms with van der Waals surface area (Å²) in [5.41, 5.74) is 10.0. The Kier molecular flexibility index (Phi) is 9.21. The van der Waals surface area contributed by atoms with Crippen LogP contribution >= 0.6 is 0 Å². The van der Waals surface area contributed by atoms with Crippen LogP contribution in [-0.4, -0.2) is 6.04 Å². The maximum absolute atomic E-state index is 2.49. The molecule has 0 aliphatic carbocycles. The van der Waals surface area contributed by atoms with Gasteiger partial charge in [-0.15, -0.1) is 0 Å². The van der Waals surface area contributed by atoms with E-state index in [0.717, 1.165) is 19.3 Å². The molecule has 2 nitrogen and oxygen atoms in total. The lowest BCUT2D eigenvalue weighted by atomic mass is 9.90. The van der Waals surface area contributed by atoms with Gasteiger partial charge < -0.3 is 9.80 Å². The summed E-state index contributed by atoms with van der Waals surface area (Å²) in [5.74, 6) is 0.520. The molecule has 208 valence electrons. The van der Waals surface area contributed by atoms with Crippen molar-refractivity contribution in [2.45, 2.75) is 58.9 Å². The van der Waals surface area contributed by atoms with Gasteiger partial charge in [-0.3, -0.25) is 0 Å². The number of rotatable bonds is 11. The van der Waals surface area contributed by atoms with E-state index in [1.54, 1.807) is 0 Å². The molecular formula is C39H42N2. The van der Waals surface area contributed by atoms with Gasteiger partial charge in [0, 0.05) is 34.5 Å². The lowest BCUT2D eigenvalue weighted by Gasteiger charge is -2.33. The highest BCUT2D eigenvalue weighted by Crippen LogP contribution is 2.37. The van der Waals surface area contributed by atoms with Crippen LogP contribution in [0, 0.1) is 13.8 Å². The van der Waals surface area contributed by atoms with Crippen LogP contribution in [0.3, 0.4) is 0 Å². The van der Waals surface area contributed by atoms with Gasteiger partial charge in [0.25, 0.3) is 0 Å². The Morgan fingerprint density at radius 2 is 0.902 bits per heavy atom. The van der Waals surface area contributed by atoms with E-state index in [1.165, 1.54) is 45.1 Å². The third-order valence-electron chi connectivity index (χ3n) is 8.14. The van der Waals surface area contributed by atoms with Crippen molar-refractivity contribution in [2.75, 3.05) is 9.80 Å². The van der Waals surface area contributed by atoms with Crippen molar-refractivity contribution in [3.8, 4) is 0 Å². The fourth-order valence-electron chi connectivity index (χ4n) is 5.74. The maximum Gasteiger partial charge on any atom is 0.0461 e. The highest BCUT2D eigenvalue weighted by Gasteiger charge is 2.20. The second-order valence-electron chi connectivity index (χ2n) is 11.2. The van der Waals surface area contributed by atoms with Crippen LogP contribution in [0.5, 0.6) is 0 Å². The molecule has 0 radical (unpaired) electrons. The van der Waals surface area contributed by atoms with Gasteiger partial charge in [-0.05, 0) is 112 Å². The Hall–Kier alpha value is -4.30. The van der Waals surface area contributed by atoms with Gasteiger partial charge >= 0.3 is 0 Å². The number of hydrogen-bond acceptors (Lipinski definition) is 2. The quantitative estimate of drug-likeness (QED) is 0.165. The normalized spacial score (nSPS) is 12.5. The molecule has 0 amide bonds. The van der Waals surface area contributed by atoms with E-state index in [9.17, 15) is 0 Å². The minimum Gasteiger partial charge on any atom is -0.339 e. The first-order valence-corrected chi connectivity index (χ1v) is 15.0. The molecular weight excluding hydrogens is 496 g/mol. The summed E-state index contributed by atoms with van der Waals surface area (Å²) < 4.78 is 0. The summed E-state index contributed by atoms with van der Waals surface area (Å²) in [6.07, 6.45) is 3.39. The Morgan fingerprint density at radius 1 is 0.488 bits per heavy atom. The van der Waals surface area contributed by atoms with E-state index < -0.39 is 0 Å². The third-order valence-corrected chi connectivity index (χ3v) is 8.14. The molecule has 2 atom stereocenters. The molecule has 0 spiro atoms. The number of hydrogen-bond donors (Lipinski definition) is 0. The van der Waals surface area contributed by atoms with Crippen LogP contribution in [0.4, 0.5) is 28.4 Å². The van der Waals surface area contributed by atoms with Crippen molar-refractivity contribution in [1.29, 1.82) is 0 Å². The fraction of sp³-hybridized carbons (Fsp3) is 0.231. The van der Waals surface area contributed by atoms with E-state index >= 15 is 0 Å². The molecule has 0 bridgehead atoms. The zero-order valence-electron chi connectivity index (χ0n) is 24.9. The zero-order valence-corrected chi connectivity index (χ0v) is 24.9. The van der Waals surface area contributed by atoms with Crippen LogP contribution in [0.15, 0.2) is 133 Å². The molecule has 0 fully saturated rings. The molecule has 0 aliphatic heterocycles. The highest BCUT2D eigenvalue weighted by molar-refractivity contribution is 5.76. The Labute approximate surface area is 246 Å². The van der Waals surface area contributed by atoms with E-state index in [4.69, 9.17) is 0 Å². The molecule has 5 aromatic carbocycles. The van der Waals surface area contributed by atoms with Gasteiger partial charge in [0.2, 0.25) is 0 Å². The zero-order chi connectivity index (χ0) is 28.6. The predicted molar refractivity (Wildman–Crippen MR) is 177 cm³/mol. The number of nitrogens with zero attached hydrogens (tertiary/aromatic N) is 2. The number of anilines is 5. The Morgan fingerprint density at radius 3 is 1.41 bits per heavy atom. The first-order chi connectivity index (χ1) is 20.0. The van der Waals surface area contributed by atoms with Crippen LogP contribution in [0.25, 0.3) is 0 Å². The summed E-state index contributed by atoms with van der Waals surface area (Å²) in [5, 5.41) is 0. The molecule has 0 aromatic heterocycles. The average molecular weight is 539 g/mol. The van der Waals surface area contributed by atoms with Crippen molar-refractivity contribution < 1.29 is 0 Å². The topological polar surface area (TPSA) is 6.48 Å². The van der Waals surface area contributed by atoms with Crippen molar-refractivity contribution in [3.05, 3.63) is 150 Å². The van der Waals surface area contributed by atoms with Gasteiger partial charge in [0.1, 0.15) is 0 Å². The third kappa shape index (κ3) is 6.89. The van der Waals surface area contributed by atoms with Crippen molar-refractivity contribution in [2.24, 2.45) is 0 Å². The minimum absolute atomic E-state index is 0.378. The molecule has 2 heteroatoms. The Balaban J connectivity index is 1.34. The van der Waals surface area contributed by atoms with Crippen molar-refractivity contribution >= 4 is 28.4 Å². The molecule has 0 N–H and O–H groups in total. The summed E-state index contributed by atoms with van der Waals surface area (Å²) >= 11 is 0. The SMILES string of the molecule is CCC(CCC(C)N(c1ccccc1)c1ccc(C)cc1)c1ccc(N(c2ccccc2)c2ccc(C)cc2)cc1. The number of para-hydroxylation sites is 2. The largest absolute Gasteiger partial charge is 0.339 e. The molecule has 0 saturated heterocycles. The standard InChI is InChI=1S/C39H42N2/c1-5-33(21-20-32(4)40(35-12-8-6-9-13-35)37-24-16-30(2)17-25-37)34-22-28-39(29-23-34)41(36-14-10-7-11-15-36)38-26-18-31(3)19-27-38/h6-19,22-29,32-33H,5,20-21H2,1-4H3. The van der Waals surface area contributed by atoms with Crippen molar-refractivity contribution in [3.63, 3.8) is 0 Å². The van der Waals surface area contributed by atoms with Crippen molar-refractivity contribution in [1.82, 2.24) is 0 Å². The van der Waals surface area contributed by atoms with Crippen LogP contribution in [0.1, 0.15) is 55.7 Å². The van der Waals surface area contributed by atoms with E-state index in [-0.39, 0.29) is 0 Å². The van der Waals surface area contributed by atoms with Gasteiger partial charge in [-0.1, -0.05) is 90.8 Å². The lowest BCUT2D eigenvalue weighted by Crippen LogP contribution is -2.28. The van der Waals surface area contributed by atoms with Gasteiger partial charge in [0.15, 0.2) is 0 Å². The predicted octanol–water partition coefficient (Wildman–Crippen LogP) is 11.3. The highest BCUT2D eigenvalue weighted by atomic mass is 15.2. The molecule has 5 aromatic rings. The summed E-state index contributed by atoms with van der Waals surface area (Å²) in [6.45, 7) is 8.97. The van der Waals surface area contributed by atoms with Crippen LogP contribution in [0.2, 0.25) is 0 Å². The number of aryl methyl sites for hydroxylation is 2. The van der Waals surface area contributed by atoms with Crippen LogP contribution in [-0.2, 0) is 0 Å². The van der Waals surface area contributed by atoms with Gasteiger partial charge in [0.05, 0.1) is 0 Å². The summed E-state index contributed by atoms with van der Waals surface area (Å²) in [6, 6.07) is 48.8. The maximum atomic E-state index is 2.49. The average Bonchev–Trinajstić information content (AvgIpc) is 3.01. The second-order valence-corrected chi connectivity index (χ2v) is 11.2. The summed E-state index contributed by atoms with van der Waals surface area (Å²) in [7, 11) is 0. The fourth-order valence-corrected chi connectivity index (χ4v) is 5.74. The second kappa shape index (κ2) is 13.4. The first-order valence-electron chi connectivity index (χ1n) is 15.0. The number of benzene rings is 5. The molecule has 0 aliphatic rings. The Bertz CT molecular complexity index is 1470. The lowest BCUT2D eigenvalue weighted by molar-refractivity contribution is 0.527.